The maximum absolute atomic E-state index is 13.1. The molecule has 1 aliphatic heterocycles. The van der Waals surface area contributed by atoms with Crippen LogP contribution in [0.1, 0.15) is 40.0 Å². The first-order valence-corrected chi connectivity index (χ1v) is 10.8. The van der Waals surface area contributed by atoms with Gasteiger partial charge in [-0.2, -0.15) is 12.6 Å². The maximum atomic E-state index is 13.1. The van der Waals surface area contributed by atoms with Crippen LogP contribution in [0.15, 0.2) is 24.3 Å². The molecule has 1 aliphatic carbocycles. The summed E-state index contributed by atoms with van der Waals surface area (Å²) in [4.78, 5) is 4.79. The summed E-state index contributed by atoms with van der Waals surface area (Å²) in [6.45, 7) is 12.7. The van der Waals surface area contributed by atoms with Crippen molar-refractivity contribution in [3.63, 3.8) is 0 Å². The van der Waals surface area contributed by atoms with E-state index in [1.807, 2.05) is 12.1 Å². The van der Waals surface area contributed by atoms with Crippen LogP contribution in [0.25, 0.3) is 0 Å². The van der Waals surface area contributed by atoms with Gasteiger partial charge in [0.25, 0.3) is 0 Å². The van der Waals surface area contributed by atoms with E-state index in [-0.39, 0.29) is 11.1 Å². The van der Waals surface area contributed by atoms with Gasteiger partial charge in [-0.25, -0.2) is 4.39 Å². The summed E-state index contributed by atoms with van der Waals surface area (Å²) in [5.74, 6) is 0.572. The Bertz CT molecular complexity index is 586. The number of rotatable bonds is 6. The molecular weight excluding hydrogens is 359 g/mol. The SMILES string of the molecule is C[C@@H]1C[C@@H](OC[C@@H](S)CN2CCN(c3ccc(F)cc3)CC2)CC(C)(C)C1. The number of hydrogen-bond donors (Lipinski definition) is 1. The van der Waals surface area contributed by atoms with Crippen molar-refractivity contribution >= 4 is 18.3 Å². The van der Waals surface area contributed by atoms with E-state index >= 15 is 0 Å². The molecule has 0 bridgehead atoms. The summed E-state index contributed by atoms with van der Waals surface area (Å²) in [5.41, 5.74) is 1.50. The van der Waals surface area contributed by atoms with Crippen LogP contribution in [-0.2, 0) is 4.74 Å². The van der Waals surface area contributed by atoms with Crippen LogP contribution in [0.2, 0.25) is 0 Å². The minimum absolute atomic E-state index is 0.175. The zero-order valence-electron chi connectivity index (χ0n) is 17.0. The molecule has 3 nitrogen and oxygen atoms in total. The number of piperazine rings is 1. The lowest BCUT2D eigenvalue weighted by Crippen LogP contribution is -2.48. The number of nitrogens with zero attached hydrogens (tertiary/aromatic N) is 2. The monoisotopic (exact) mass is 394 g/mol. The number of thiol groups is 1. The van der Waals surface area contributed by atoms with Crippen molar-refractivity contribution in [2.45, 2.75) is 51.4 Å². The fourth-order valence-corrected chi connectivity index (χ4v) is 5.14. The number of anilines is 1. The predicted octanol–water partition coefficient (Wildman–Crippen LogP) is 4.48. The highest BCUT2D eigenvalue weighted by atomic mass is 32.1. The Hall–Kier alpha value is -0.780. The van der Waals surface area contributed by atoms with Crippen molar-refractivity contribution in [2.24, 2.45) is 11.3 Å². The lowest BCUT2D eigenvalue weighted by Gasteiger charge is -2.39. The molecule has 1 aromatic rings. The van der Waals surface area contributed by atoms with Gasteiger partial charge in [-0.15, -0.1) is 0 Å². The van der Waals surface area contributed by atoms with Crippen LogP contribution in [0.5, 0.6) is 0 Å². The van der Waals surface area contributed by atoms with Crippen molar-refractivity contribution in [1.82, 2.24) is 4.90 Å². The molecule has 3 atom stereocenters. The summed E-state index contributed by atoms with van der Waals surface area (Å²) in [5, 5.41) is 0.253. The third-order valence-corrected chi connectivity index (χ3v) is 6.22. The van der Waals surface area contributed by atoms with Gasteiger partial charge in [0.15, 0.2) is 0 Å². The van der Waals surface area contributed by atoms with Gasteiger partial charge in [-0.3, -0.25) is 4.90 Å². The van der Waals surface area contributed by atoms with E-state index in [2.05, 4.69) is 30.6 Å². The topological polar surface area (TPSA) is 15.7 Å². The Morgan fingerprint density at radius 3 is 2.44 bits per heavy atom. The quantitative estimate of drug-likeness (QED) is 0.717. The van der Waals surface area contributed by atoms with Crippen molar-refractivity contribution in [3.05, 3.63) is 30.1 Å². The molecule has 0 unspecified atom stereocenters. The molecule has 0 amide bonds. The van der Waals surface area contributed by atoms with Crippen LogP contribution in [0.3, 0.4) is 0 Å². The molecule has 2 aliphatic rings. The van der Waals surface area contributed by atoms with Crippen LogP contribution in [0.4, 0.5) is 10.1 Å². The summed E-state index contributed by atoms with van der Waals surface area (Å²) < 4.78 is 19.3. The molecule has 0 radical (unpaired) electrons. The highest BCUT2D eigenvalue weighted by Crippen LogP contribution is 2.39. The van der Waals surface area contributed by atoms with E-state index in [1.165, 1.54) is 25.0 Å². The third-order valence-electron chi connectivity index (χ3n) is 5.90. The molecule has 0 spiro atoms. The first-order valence-electron chi connectivity index (χ1n) is 10.3. The van der Waals surface area contributed by atoms with Crippen LogP contribution in [-0.4, -0.2) is 55.6 Å². The van der Waals surface area contributed by atoms with Gasteiger partial charge >= 0.3 is 0 Å². The average molecular weight is 395 g/mol. The molecule has 2 fully saturated rings. The van der Waals surface area contributed by atoms with Crippen LogP contribution >= 0.6 is 12.6 Å². The predicted molar refractivity (Wildman–Crippen MR) is 114 cm³/mol. The Kier molecular flexibility index (Phi) is 7.09. The minimum Gasteiger partial charge on any atom is -0.377 e. The van der Waals surface area contributed by atoms with Crippen LogP contribution in [0, 0.1) is 17.2 Å². The number of hydrogen-bond acceptors (Lipinski definition) is 4. The smallest absolute Gasteiger partial charge is 0.123 e. The standard InChI is InChI=1S/C22H35FN2OS/c1-17-12-20(14-22(2,3)13-17)26-16-21(27)15-24-8-10-25(11-9-24)19-6-4-18(23)5-7-19/h4-7,17,20-21,27H,8-16H2,1-3H3/t17-,20-,21+/m1/s1. The van der Waals surface area contributed by atoms with Crippen molar-refractivity contribution in [2.75, 3.05) is 44.2 Å². The van der Waals surface area contributed by atoms with E-state index < -0.39 is 0 Å². The number of ether oxygens (including phenoxy) is 1. The maximum Gasteiger partial charge on any atom is 0.123 e. The first kappa shape index (κ1) is 20.9. The first-order chi connectivity index (χ1) is 12.8. The Morgan fingerprint density at radius 2 is 1.81 bits per heavy atom. The highest BCUT2D eigenvalue weighted by molar-refractivity contribution is 7.81. The molecule has 0 aromatic heterocycles. The van der Waals surface area contributed by atoms with Gasteiger partial charge in [0, 0.05) is 43.7 Å². The molecule has 0 N–H and O–H groups in total. The fourth-order valence-electron chi connectivity index (χ4n) is 4.82. The second kappa shape index (κ2) is 9.15. The molecule has 1 saturated carbocycles. The number of benzene rings is 1. The van der Waals surface area contributed by atoms with Gasteiger partial charge in [-0.1, -0.05) is 20.8 Å². The van der Waals surface area contributed by atoms with Gasteiger partial charge in [0.2, 0.25) is 0 Å². The minimum atomic E-state index is -0.175. The molecule has 5 heteroatoms. The largest absolute Gasteiger partial charge is 0.377 e. The van der Waals surface area contributed by atoms with E-state index in [4.69, 9.17) is 17.4 Å². The summed E-state index contributed by atoms with van der Waals surface area (Å²) in [7, 11) is 0. The van der Waals surface area contributed by atoms with Crippen molar-refractivity contribution < 1.29 is 9.13 Å². The zero-order chi connectivity index (χ0) is 19.4. The molecule has 1 aromatic carbocycles. The summed E-state index contributed by atoms with van der Waals surface area (Å²) >= 11 is 4.79. The fraction of sp³-hybridized carbons (Fsp3) is 0.727. The van der Waals surface area contributed by atoms with Gasteiger partial charge in [-0.05, 0) is 54.9 Å². The molecule has 1 heterocycles. The molecular formula is C22H35FN2OS. The van der Waals surface area contributed by atoms with Crippen LogP contribution < -0.4 is 4.90 Å². The van der Waals surface area contributed by atoms with Crippen molar-refractivity contribution in [3.8, 4) is 0 Å². The lowest BCUT2D eigenvalue weighted by atomic mass is 9.71. The van der Waals surface area contributed by atoms with Gasteiger partial charge in [0.05, 0.1) is 12.7 Å². The van der Waals surface area contributed by atoms with E-state index in [0.717, 1.165) is 57.4 Å². The molecule has 3 rings (SSSR count). The Balaban J connectivity index is 1.38. The Labute approximate surface area is 169 Å². The molecule has 1 saturated heterocycles. The molecule has 27 heavy (non-hydrogen) atoms. The Morgan fingerprint density at radius 1 is 1.15 bits per heavy atom. The second-order valence-electron chi connectivity index (χ2n) is 9.29. The summed E-state index contributed by atoms with van der Waals surface area (Å²) in [6.07, 6.45) is 4.03. The van der Waals surface area contributed by atoms with Gasteiger partial charge < -0.3 is 9.64 Å². The van der Waals surface area contributed by atoms with Gasteiger partial charge in [0.1, 0.15) is 5.82 Å². The average Bonchev–Trinajstić information content (AvgIpc) is 2.60. The lowest BCUT2D eigenvalue weighted by molar-refractivity contribution is -0.0237. The second-order valence-corrected chi connectivity index (χ2v) is 10.0. The zero-order valence-corrected chi connectivity index (χ0v) is 17.9. The third kappa shape index (κ3) is 6.37. The van der Waals surface area contributed by atoms with E-state index in [1.54, 1.807) is 0 Å². The van der Waals surface area contributed by atoms with E-state index in [9.17, 15) is 4.39 Å². The summed E-state index contributed by atoms with van der Waals surface area (Å²) in [6, 6.07) is 6.81. The molecule has 152 valence electrons. The van der Waals surface area contributed by atoms with Crippen molar-refractivity contribution in [1.29, 1.82) is 0 Å². The number of halogens is 1. The van der Waals surface area contributed by atoms with E-state index in [0.29, 0.717) is 11.5 Å². The highest BCUT2D eigenvalue weighted by Gasteiger charge is 2.32. The normalized spacial score (nSPS) is 27.5.